The molecule has 0 aromatic heterocycles. The molecule has 0 unspecified atom stereocenters. The summed E-state index contributed by atoms with van der Waals surface area (Å²) in [6.07, 6.45) is 4.87. The molecule has 0 saturated carbocycles. The zero-order chi connectivity index (χ0) is 13.4. The Morgan fingerprint density at radius 2 is 1.83 bits per heavy atom. The van der Waals surface area contributed by atoms with E-state index >= 15 is 0 Å². The quantitative estimate of drug-likeness (QED) is 0.376. The van der Waals surface area contributed by atoms with Crippen molar-refractivity contribution >= 4 is 17.8 Å². The van der Waals surface area contributed by atoms with E-state index in [1.807, 2.05) is 0 Å². The van der Waals surface area contributed by atoms with Crippen LogP contribution in [0.3, 0.4) is 0 Å². The number of hydrogen-bond acceptors (Lipinski definition) is 4. The SMILES string of the molecule is CCCCCCOC(=O)CCN1C(=O)CCC1=O. The Kier molecular flexibility index (Phi) is 6.39. The summed E-state index contributed by atoms with van der Waals surface area (Å²) in [5.41, 5.74) is 0. The predicted octanol–water partition coefficient (Wildman–Crippen LogP) is 1.65. The predicted molar refractivity (Wildman–Crippen MR) is 65.7 cm³/mol. The van der Waals surface area contributed by atoms with E-state index in [-0.39, 0.29) is 43.6 Å². The van der Waals surface area contributed by atoms with Crippen molar-refractivity contribution in [2.75, 3.05) is 13.2 Å². The van der Waals surface area contributed by atoms with Gasteiger partial charge >= 0.3 is 5.97 Å². The number of nitrogens with zero attached hydrogens (tertiary/aromatic N) is 1. The van der Waals surface area contributed by atoms with Crippen LogP contribution in [0.25, 0.3) is 0 Å². The lowest BCUT2D eigenvalue weighted by Gasteiger charge is -2.12. The van der Waals surface area contributed by atoms with Gasteiger partial charge in [0, 0.05) is 19.4 Å². The van der Waals surface area contributed by atoms with Gasteiger partial charge in [0.05, 0.1) is 13.0 Å². The molecule has 0 aromatic rings. The Hall–Kier alpha value is -1.39. The molecule has 1 aliphatic rings. The molecule has 0 bridgehead atoms. The molecule has 5 heteroatoms. The Bertz CT molecular complexity index is 298. The summed E-state index contributed by atoms with van der Waals surface area (Å²) >= 11 is 0. The fourth-order valence-electron chi connectivity index (χ4n) is 1.86. The minimum atomic E-state index is -0.334. The molecule has 0 N–H and O–H groups in total. The van der Waals surface area contributed by atoms with Crippen LogP contribution in [0, 0.1) is 0 Å². The van der Waals surface area contributed by atoms with Gasteiger partial charge in [0.25, 0.3) is 0 Å². The molecule has 1 saturated heterocycles. The maximum Gasteiger partial charge on any atom is 0.307 e. The van der Waals surface area contributed by atoms with Crippen molar-refractivity contribution in [3.63, 3.8) is 0 Å². The zero-order valence-electron chi connectivity index (χ0n) is 10.9. The third-order valence-electron chi connectivity index (χ3n) is 2.96. The summed E-state index contributed by atoms with van der Waals surface area (Å²) in [4.78, 5) is 35.1. The second-order valence-electron chi connectivity index (χ2n) is 4.47. The maximum atomic E-state index is 11.4. The Morgan fingerprint density at radius 3 is 2.44 bits per heavy atom. The summed E-state index contributed by atoms with van der Waals surface area (Å²) in [5, 5.41) is 0. The molecule has 0 aliphatic carbocycles. The van der Waals surface area contributed by atoms with Crippen molar-refractivity contribution in [1.82, 2.24) is 4.90 Å². The van der Waals surface area contributed by atoms with E-state index in [4.69, 9.17) is 4.74 Å². The normalized spacial score (nSPS) is 15.3. The molecular formula is C13H21NO4. The van der Waals surface area contributed by atoms with Gasteiger partial charge in [-0.1, -0.05) is 26.2 Å². The van der Waals surface area contributed by atoms with E-state index < -0.39 is 0 Å². The Balaban J connectivity index is 2.09. The van der Waals surface area contributed by atoms with Gasteiger partial charge in [-0.25, -0.2) is 0 Å². The fourth-order valence-corrected chi connectivity index (χ4v) is 1.86. The van der Waals surface area contributed by atoms with Crippen LogP contribution < -0.4 is 0 Å². The maximum absolute atomic E-state index is 11.4. The number of amides is 2. The number of unbranched alkanes of at least 4 members (excludes halogenated alkanes) is 3. The fraction of sp³-hybridized carbons (Fsp3) is 0.769. The highest BCUT2D eigenvalue weighted by Gasteiger charge is 2.28. The first kappa shape index (κ1) is 14.7. The highest BCUT2D eigenvalue weighted by atomic mass is 16.5. The standard InChI is InChI=1S/C13H21NO4/c1-2-3-4-5-10-18-13(17)8-9-14-11(15)6-7-12(14)16/h2-10H2,1H3. The van der Waals surface area contributed by atoms with E-state index in [0.717, 1.165) is 30.6 Å². The first-order chi connectivity index (χ1) is 8.65. The van der Waals surface area contributed by atoms with Crippen LogP contribution >= 0.6 is 0 Å². The molecule has 0 atom stereocenters. The van der Waals surface area contributed by atoms with Crippen molar-refractivity contribution in [2.24, 2.45) is 0 Å². The molecule has 1 heterocycles. The van der Waals surface area contributed by atoms with E-state index in [2.05, 4.69) is 6.92 Å². The summed E-state index contributed by atoms with van der Waals surface area (Å²) in [7, 11) is 0. The average Bonchev–Trinajstić information content (AvgIpc) is 2.66. The van der Waals surface area contributed by atoms with Crippen LogP contribution in [0.5, 0.6) is 0 Å². The van der Waals surface area contributed by atoms with Gasteiger partial charge < -0.3 is 4.74 Å². The van der Waals surface area contributed by atoms with Crippen molar-refractivity contribution in [3.8, 4) is 0 Å². The molecule has 2 amide bonds. The number of rotatable bonds is 8. The van der Waals surface area contributed by atoms with Crippen molar-refractivity contribution in [2.45, 2.75) is 51.9 Å². The van der Waals surface area contributed by atoms with Crippen molar-refractivity contribution in [1.29, 1.82) is 0 Å². The largest absolute Gasteiger partial charge is 0.466 e. The molecule has 0 radical (unpaired) electrons. The van der Waals surface area contributed by atoms with Crippen LogP contribution in [-0.4, -0.2) is 35.8 Å². The van der Waals surface area contributed by atoms with E-state index in [1.54, 1.807) is 0 Å². The van der Waals surface area contributed by atoms with Crippen LogP contribution in [-0.2, 0) is 19.1 Å². The molecule has 1 aliphatic heterocycles. The Morgan fingerprint density at radius 1 is 1.17 bits per heavy atom. The zero-order valence-corrected chi connectivity index (χ0v) is 10.9. The number of ether oxygens (including phenoxy) is 1. The lowest BCUT2D eigenvalue weighted by molar-refractivity contribution is -0.145. The van der Waals surface area contributed by atoms with Gasteiger partial charge in [0.15, 0.2) is 0 Å². The summed E-state index contributed by atoms with van der Waals surface area (Å²) in [6, 6.07) is 0. The number of carbonyl (C=O) groups excluding carboxylic acids is 3. The molecule has 0 spiro atoms. The van der Waals surface area contributed by atoms with Gasteiger partial charge in [-0.05, 0) is 6.42 Å². The molecular weight excluding hydrogens is 234 g/mol. The van der Waals surface area contributed by atoms with E-state index in [0.29, 0.717) is 6.61 Å². The number of carbonyl (C=O) groups is 3. The molecule has 5 nitrogen and oxygen atoms in total. The third-order valence-corrected chi connectivity index (χ3v) is 2.96. The van der Waals surface area contributed by atoms with Gasteiger partial charge in [-0.2, -0.15) is 0 Å². The van der Waals surface area contributed by atoms with E-state index in [1.165, 1.54) is 0 Å². The monoisotopic (exact) mass is 255 g/mol. The second-order valence-corrected chi connectivity index (χ2v) is 4.47. The minimum Gasteiger partial charge on any atom is -0.466 e. The third kappa shape index (κ3) is 4.85. The van der Waals surface area contributed by atoms with Crippen molar-refractivity contribution in [3.05, 3.63) is 0 Å². The average molecular weight is 255 g/mol. The molecule has 1 fully saturated rings. The molecule has 18 heavy (non-hydrogen) atoms. The summed E-state index contributed by atoms with van der Waals surface area (Å²) in [5.74, 6) is -0.703. The van der Waals surface area contributed by atoms with Crippen LogP contribution in [0.2, 0.25) is 0 Å². The van der Waals surface area contributed by atoms with Crippen LogP contribution in [0.15, 0.2) is 0 Å². The first-order valence-corrected chi connectivity index (χ1v) is 6.64. The van der Waals surface area contributed by atoms with Gasteiger partial charge in [0.1, 0.15) is 0 Å². The first-order valence-electron chi connectivity index (χ1n) is 6.64. The lowest BCUT2D eigenvalue weighted by Crippen LogP contribution is -2.31. The summed E-state index contributed by atoms with van der Waals surface area (Å²) in [6.45, 7) is 2.71. The Labute approximate surface area is 107 Å². The lowest BCUT2D eigenvalue weighted by atomic mass is 10.2. The van der Waals surface area contributed by atoms with Gasteiger partial charge in [-0.3, -0.25) is 19.3 Å². The number of hydrogen-bond donors (Lipinski definition) is 0. The topological polar surface area (TPSA) is 63.7 Å². The number of likely N-dealkylation sites (tertiary alicyclic amines) is 1. The molecule has 1 rings (SSSR count). The summed E-state index contributed by atoms with van der Waals surface area (Å²) < 4.78 is 5.03. The highest BCUT2D eigenvalue weighted by Crippen LogP contribution is 2.12. The molecule has 102 valence electrons. The van der Waals surface area contributed by atoms with Gasteiger partial charge in [0.2, 0.25) is 11.8 Å². The van der Waals surface area contributed by atoms with E-state index in [9.17, 15) is 14.4 Å². The van der Waals surface area contributed by atoms with Crippen molar-refractivity contribution < 1.29 is 19.1 Å². The molecule has 0 aromatic carbocycles. The van der Waals surface area contributed by atoms with Gasteiger partial charge in [-0.15, -0.1) is 0 Å². The smallest absolute Gasteiger partial charge is 0.307 e. The number of esters is 1. The second kappa shape index (κ2) is 7.84. The van der Waals surface area contributed by atoms with Crippen LogP contribution in [0.4, 0.5) is 0 Å². The number of imide groups is 1. The van der Waals surface area contributed by atoms with Crippen LogP contribution in [0.1, 0.15) is 51.9 Å². The highest BCUT2D eigenvalue weighted by molar-refractivity contribution is 6.02. The minimum absolute atomic E-state index is 0.102.